The highest BCUT2D eigenvalue weighted by atomic mass is 79.9. The Balaban J connectivity index is 2.20. The van der Waals surface area contributed by atoms with Gasteiger partial charge in [0, 0.05) is 15.0 Å². The molecule has 1 aromatic heterocycles. The van der Waals surface area contributed by atoms with Crippen molar-refractivity contribution in [1.82, 2.24) is 9.55 Å². The molecule has 2 N–H and O–H groups in total. The van der Waals surface area contributed by atoms with E-state index in [1.54, 1.807) is 12.1 Å². The molecule has 0 atom stereocenters. The van der Waals surface area contributed by atoms with Crippen molar-refractivity contribution in [3.63, 3.8) is 0 Å². The van der Waals surface area contributed by atoms with Crippen LogP contribution in [-0.2, 0) is 0 Å². The molecular weight excluding hydrogens is 404 g/mol. The van der Waals surface area contributed by atoms with E-state index in [9.17, 15) is 14.7 Å². The molecule has 5 nitrogen and oxygen atoms in total. The number of benzene rings is 1. The topological polar surface area (TPSA) is 75.1 Å². The van der Waals surface area contributed by atoms with Gasteiger partial charge in [-0.2, -0.15) is 0 Å². The van der Waals surface area contributed by atoms with E-state index in [2.05, 4.69) is 36.8 Å². The molecule has 2 aromatic rings. The predicted molar refractivity (Wildman–Crippen MR) is 87.7 cm³/mol. The number of hydrogen-bond acceptors (Lipinski definition) is 3. The normalized spacial score (nSPS) is 22.6. The standard InChI is InChI=1S/C14H14Br2N2O3/c15-7-5-10-12(11(16)6-7)17-14(21)18(13(10)20)8-1-3-9(19)4-2-8/h5-6,8-9,19H,1-4H2,(H,17,21). The van der Waals surface area contributed by atoms with Crippen LogP contribution in [0.4, 0.5) is 0 Å². The second-order valence-corrected chi connectivity index (χ2v) is 7.15. The molecule has 1 heterocycles. The van der Waals surface area contributed by atoms with Crippen LogP contribution in [0.25, 0.3) is 10.9 Å². The van der Waals surface area contributed by atoms with Gasteiger partial charge in [-0.25, -0.2) is 4.79 Å². The molecule has 0 radical (unpaired) electrons. The van der Waals surface area contributed by atoms with Crippen molar-refractivity contribution in [2.75, 3.05) is 0 Å². The third-order valence-corrected chi connectivity index (χ3v) is 5.07. The fraction of sp³-hybridized carbons (Fsp3) is 0.429. The molecular formula is C14H14Br2N2O3. The fourth-order valence-electron chi connectivity index (χ4n) is 2.91. The lowest BCUT2D eigenvalue weighted by molar-refractivity contribution is 0.109. The average Bonchev–Trinajstić information content (AvgIpc) is 2.42. The molecule has 0 amide bonds. The van der Waals surface area contributed by atoms with Gasteiger partial charge in [0.2, 0.25) is 0 Å². The van der Waals surface area contributed by atoms with Gasteiger partial charge in [-0.05, 0) is 53.7 Å². The summed E-state index contributed by atoms with van der Waals surface area (Å²) < 4.78 is 2.75. The summed E-state index contributed by atoms with van der Waals surface area (Å²) in [5, 5.41) is 10.0. The number of aromatic nitrogens is 2. The van der Waals surface area contributed by atoms with E-state index in [0.717, 1.165) is 4.47 Å². The maximum Gasteiger partial charge on any atom is 0.329 e. The monoisotopic (exact) mass is 416 g/mol. The quantitative estimate of drug-likeness (QED) is 0.748. The Kier molecular flexibility index (Phi) is 4.07. The molecule has 1 fully saturated rings. The number of aliphatic hydroxyl groups is 1. The number of hydrogen-bond donors (Lipinski definition) is 2. The van der Waals surface area contributed by atoms with Gasteiger partial charge in [0.05, 0.1) is 17.0 Å². The lowest BCUT2D eigenvalue weighted by Gasteiger charge is -2.26. The molecule has 0 saturated heterocycles. The van der Waals surface area contributed by atoms with Crippen molar-refractivity contribution >= 4 is 42.8 Å². The minimum atomic E-state index is -0.392. The summed E-state index contributed by atoms with van der Waals surface area (Å²) in [6, 6.07) is 3.36. The Morgan fingerprint density at radius 3 is 2.48 bits per heavy atom. The van der Waals surface area contributed by atoms with Crippen LogP contribution in [0, 0.1) is 0 Å². The summed E-state index contributed by atoms with van der Waals surface area (Å²) in [7, 11) is 0. The first-order valence-electron chi connectivity index (χ1n) is 6.79. The zero-order chi connectivity index (χ0) is 15.1. The Hall–Kier alpha value is -0.920. The molecule has 1 aliphatic rings. The van der Waals surface area contributed by atoms with Crippen molar-refractivity contribution < 1.29 is 5.11 Å². The third kappa shape index (κ3) is 2.74. The first-order valence-corrected chi connectivity index (χ1v) is 8.37. The largest absolute Gasteiger partial charge is 0.393 e. The van der Waals surface area contributed by atoms with Crippen LogP contribution in [-0.4, -0.2) is 20.8 Å². The van der Waals surface area contributed by atoms with Crippen molar-refractivity contribution in [3.05, 3.63) is 41.9 Å². The Morgan fingerprint density at radius 1 is 1.14 bits per heavy atom. The third-order valence-electron chi connectivity index (χ3n) is 3.99. The lowest BCUT2D eigenvalue weighted by Crippen LogP contribution is -2.39. The highest BCUT2D eigenvalue weighted by molar-refractivity contribution is 9.11. The van der Waals surface area contributed by atoms with Gasteiger partial charge in [0.1, 0.15) is 0 Å². The van der Waals surface area contributed by atoms with Crippen LogP contribution < -0.4 is 11.2 Å². The van der Waals surface area contributed by atoms with Crippen molar-refractivity contribution in [3.8, 4) is 0 Å². The number of rotatable bonds is 1. The summed E-state index contributed by atoms with van der Waals surface area (Å²) in [6.07, 6.45) is 2.21. The summed E-state index contributed by atoms with van der Waals surface area (Å²) in [5.41, 5.74) is -0.158. The average molecular weight is 418 g/mol. The Bertz CT molecular complexity index is 804. The Labute approximate surface area is 137 Å². The van der Waals surface area contributed by atoms with Gasteiger partial charge in [-0.1, -0.05) is 15.9 Å². The van der Waals surface area contributed by atoms with E-state index in [0.29, 0.717) is 41.1 Å². The molecule has 0 bridgehead atoms. The maximum atomic E-state index is 12.7. The minimum Gasteiger partial charge on any atom is -0.393 e. The number of halogens is 2. The van der Waals surface area contributed by atoms with Crippen molar-refractivity contribution in [2.45, 2.75) is 37.8 Å². The van der Waals surface area contributed by atoms with E-state index in [1.807, 2.05) is 0 Å². The highest BCUT2D eigenvalue weighted by Crippen LogP contribution is 2.28. The molecule has 1 aliphatic carbocycles. The summed E-state index contributed by atoms with van der Waals surface area (Å²) in [6.45, 7) is 0. The number of aromatic amines is 1. The van der Waals surface area contributed by atoms with Crippen LogP contribution in [0.1, 0.15) is 31.7 Å². The number of nitrogens with zero attached hydrogens (tertiary/aromatic N) is 1. The van der Waals surface area contributed by atoms with E-state index in [-0.39, 0.29) is 17.7 Å². The van der Waals surface area contributed by atoms with Gasteiger partial charge in [-0.15, -0.1) is 0 Å². The van der Waals surface area contributed by atoms with Gasteiger partial charge in [0.25, 0.3) is 5.56 Å². The molecule has 3 rings (SSSR count). The van der Waals surface area contributed by atoms with E-state index < -0.39 is 5.69 Å². The minimum absolute atomic E-state index is 0.146. The van der Waals surface area contributed by atoms with Gasteiger partial charge in [-0.3, -0.25) is 9.36 Å². The zero-order valence-corrected chi connectivity index (χ0v) is 14.3. The van der Waals surface area contributed by atoms with Gasteiger partial charge in [0.15, 0.2) is 0 Å². The second-order valence-electron chi connectivity index (χ2n) is 5.38. The lowest BCUT2D eigenvalue weighted by atomic mass is 9.93. The molecule has 7 heteroatoms. The first kappa shape index (κ1) is 15.0. The molecule has 0 unspecified atom stereocenters. The van der Waals surface area contributed by atoms with Gasteiger partial charge < -0.3 is 10.1 Å². The van der Waals surface area contributed by atoms with E-state index >= 15 is 0 Å². The zero-order valence-electron chi connectivity index (χ0n) is 11.1. The maximum absolute atomic E-state index is 12.7. The molecule has 0 spiro atoms. The fourth-order valence-corrected chi connectivity index (χ4v) is 4.23. The van der Waals surface area contributed by atoms with Crippen LogP contribution in [0.5, 0.6) is 0 Å². The van der Waals surface area contributed by atoms with Gasteiger partial charge >= 0.3 is 5.69 Å². The smallest absolute Gasteiger partial charge is 0.329 e. The van der Waals surface area contributed by atoms with E-state index in [1.165, 1.54) is 4.57 Å². The molecule has 21 heavy (non-hydrogen) atoms. The highest BCUT2D eigenvalue weighted by Gasteiger charge is 2.24. The van der Waals surface area contributed by atoms with Crippen LogP contribution >= 0.6 is 31.9 Å². The number of nitrogens with one attached hydrogen (secondary N) is 1. The second kappa shape index (κ2) is 5.70. The molecule has 0 aliphatic heterocycles. The van der Waals surface area contributed by atoms with Crippen molar-refractivity contribution in [2.24, 2.45) is 0 Å². The summed E-state index contributed by atoms with van der Waals surface area (Å²) in [4.78, 5) is 27.7. The Morgan fingerprint density at radius 2 is 1.81 bits per heavy atom. The molecule has 1 saturated carbocycles. The summed E-state index contributed by atoms with van der Waals surface area (Å²) >= 11 is 6.72. The SMILES string of the molecule is O=c1[nH]c2c(Br)cc(Br)cc2c(=O)n1C1CCC(O)CC1. The van der Waals surface area contributed by atoms with Crippen LogP contribution in [0.15, 0.2) is 30.7 Å². The molecule has 112 valence electrons. The predicted octanol–water partition coefficient (Wildman–Crippen LogP) is 2.69. The van der Waals surface area contributed by atoms with E-state index in [4.69, 9.17) is 0 Å². The van der Waals surface area contributed by atoms with Crippen LogP contribution in [0.2, 0.25) is 0 Å². The number of H-pyrrole nitrogens is 1. The molecule has 1 aromatic carbocycles. The summed E-state index contributed by atoms with van der Waals surface area (Å²) in [5.74, 6) is 0. The number of aliphatic hydroxyl groups excluding tert-OH is 1. The number of fused-ring (bicyclic) bond motifs is 1. The van der Waals surface area contributed by atoms with Crippen molar-refractivity contribution in [1.29, 1.82) is 0 Å². The van der Waals surface area contributed by atoms with Crippen LogP contribution in [0.3, 0.4) is 0 Å². The first-order chi connectivity index (χ1) is 9.97.